The van der Waals surface area contributed by atoms with Crippen LogP contribution in [0.15, 0.2) is 46.7 Å². The highest BCUT2D eigenvalue weighted by Gasteiger charge is 2.37. The lowest BCUT2D eigenvalue weighted by atomic mass is 9.88. The summed E-state index contributed by atoms with van der Waals surface area (Å²) in [6.45, 7) is 5.87. The standard InChI is InChI=1S/C20H24FN3/c1-4-16-9-17-13(2)20(23-3)18(10-22)19(17)12-24(16)11-14-6-5-7-15(21)8-14/h5-8,13,16,23H,4,9,11-12H2,1-3H3. The van der Waals surface area contributed by atoms with Crippen molar-refractivity contribution >= 4 is 0 Å². The molecule has 126 valence electrons. The van der Waals surface area contributed by atoms with Crippen LogP contribution in [0.2, 0.25) is 0 Å². The first kappa shape index (κ1) is 16.7. The van der Waals surface area contributed by atoms with Crippen LogP contribution in [0.25, 0.3) is 0 Å². The second-order valence-corrected chi connectivity index (χ2v) is 6.68. The summed E-state index contributed by atoms with van der Waals surface area (Å²) in [5.41, 5.74) is 5.41. The molecule has 2 aliphatic rings. The lowest BCUT2D eigenvalue weighted by Crippen LogP contribution is -2.40. The summed E-state index contributed by atoms with van der Waals surface area (Å²) in [5.74, 6) is 0.104. The van der Waals surface area contributed by atoms with Crippen LogP contribution in [0.3, 0.4) is 0 Å². The molecule has 0 amide bonds. The van der Waals surface area contributed by atoms with E-state index in [1.165, 1.54) is 17.2 Å². The Labute approximate surface area is 143 Å². The molecule has 1 aromatic rings. The van der Waals surface area contributed by atoms with E-state index in [4.69, 9.17) is 0 Å². The van der Waals surface area contributed by atoms with Gasteiger partial charge >= 0.3 is 0 Å². The van der Waals surface area contributed by atoms with E-state index in [0.717, 1.165) is 42.8 Å². The van der Waals surface area contributed by atoms with E-state index >= 15 is 0 Å². The Kier molecular flexibility index (Phi) is 4.73. The maximum absolute atomic E-state index is 13.5. The van der Waals surface area contributed by atoms with E-state index in [0.29, 0.717) is 12.0 Å². The normalized spacial score (nSPS) is 24.1. The van der Waals surface area contributed by atoms with Crippen LogP contribution < -0.4 is 5.32 Å². The van der Waals surface area contributed by atoms with Crippen LogP contribution in [0.5, 0.6) is 0 Å². The van der Waals surface area contributed by atoms with Crippen molar-refractivity contribution in [3.8, 4) is 6.07 Å². The highest BCUT2D eigenvalue weighted by Crippen LogP contribution is 2.42. The second kappa shape index (κ2) is 6.78. The molecule has 24 heavy (non-hydrogen) atoms. The van der Waals surface area contributed by atoms with Crippen LogP contribution in [0, 0.1) is 23.1 Å². The average molecular weight is 325 g/mol. The summed E-state index contributed by atoms with van der Waals surface area (Å²) in [5, 5.41) is 12.8. The second-order valence-electron chi connectivity index (χ2n) is 6.68. The van der Waals surface area contributed by atoms with Crippen LogP contribution in [0.4, 0.5) is 4.39 Å². The molecular weight excluding hydrogens is 301 g/mol. The van der Waals surface area contributed by atoms with Crippen molar-refractivity contribution in [2.24, 2.45) is 5.92 Å². The number of hydrogen-bond acceptors (Lipinski definition) is 3. The fraction of sp³-hybridized carbons (Fsp3) is 0.450. The molecule has 0 saturated heterocycles. The number of rotatable bonds is 4. The third-order valence-electron chi connectivity index (χ3n) is 5.37. The molecule has 4 heteroatoms. The van der Waals surface area contributed by atoms with Gasteiger partial charge in [0, 0.05) is 37.8 Å². The third kappa shape index (κ3) is 2.85. The van der Waals surface area contributed by atoms with Gasteiger partial charge in [-0.25, -0.2) is 4.39 Å². The molecule has 2 unspecified atom stereocenters. The SMILES string of the molecule is CCC1CC2=C(CN1Cc1cccc(F)c1)C(C#N)=C(NC)C2C. The molecule has 0 aromatic heterocycles. The van der Waals surface area contributed by atoms with Gasteiger partial charge in [-0.05, 0) is 36.1 Å². The highest BCUT2D eigenvalue weighted by molar-refractivity contribution is 5.57. The van der Waals surface area contributed by atoms with E-state index in [2.05, 4.69) is 30.1 Å². The van der Waals surface area contributed by atoms with E-state index in [9.17, 15) is 9.65 Å². The lowest BCUT2D eigenvalue weighted by molar-refractivity contribution is 0.183. The molecule has 0 radical (unpaired) electrons. The molecule has 1 aromatic carbocycles. The molecule has 0 bridgehead atoms. The van der Waals surface area contributed by atoms with Crippen molar-refractivity contribution in [2.75, 3.05) is 13.6 Å². The minimum absolute atomic E-state index is 0.193. The van der Waals surface area contributed by atoms with Gasteiger partial charge < -0.3 is 5.32 Å². The number of benzene rings is 1. The molecular formula is C20H24FN3. The fourth-order valence-electron chi connectivity index (χ4n) is 4.10. The molecule has 1 N–H and O–H groups in total. The Morgan fingerprint density at radius 3 is 2.83 bits per heavy atom. The van der Waals surface area contributed by atoms with Gasteiger partial charge in [-0.15, -0.1) is 0 Å². The minimum atomic E-state index is -0.193. The number of nitrogens with one attached hydrogen (secondary N) is 1. The first-order valence-electron chi connectivity index (χ1n) is 8.61. The van der Waals surface area contributed by atoms with E-state index in [1.807, 2.05) is 13.1 Å². The number of hydrogen-bond donors (Lipinski definition) is 1. The smallest absolute Gasteiger partial charge is 0.123 e. The molecule has 3 rings (SSSR count). The predicted octanol–water partition coefficient (Wildman–Crippen LogP) is 3.75. The monoisotopic (exact) mass is 325 g/mol. The predicted molar refractivity (Wildman–Crippen MR) is 93.4 cm³/mol. The van der Waals surface area contributed by atoms with Gasteiger partial charge in [0.05, 0.1) is 5.57 Å². The van der Waals surface area contributed by atoms with Crippen LogP contribution in [0.1, 0.15) is 32.3 Å². The quantitative estimate of drug-likeness (QED) is 0.916. The Balaban J connectivity index is 1.89. The Bertz CT molecular complexity index is 741. The molecule has 1 heterocycles. The van der Waals surface area contributed by atoms with Gasteiger partial charge in [0.1, 0.15) is 11.9 Å². The number of nitrogens with zero attached hydrogens (tertiary/aromatic N) is 2. The van der Waals surface area contributed by atoms with E-state index < -0.39 is 0 Å². The van der Waals surface area contributed by atoms with Crippen molar-refractivity contribution in [2.45, 2.75) is 39.3 Å². The van der Waals surface area contributed by atoms with Gasteiger partial charge in [-0.2, -0.15) is 5.26 Å². The average Bonchev–Trinajstić information content (AvgIpc) is 2.84. The fourth-order valence-corrected chi connectivity index (χ4v) is 4.10. The van der Waals surface area contributed by atoms with Gasteiger partial charge in [-0.3, -0.25) is 4.90 Å². The minimum Gasteiger partial charge on any atom is -0.390 e. The first-order chi connectivity index (χ1) is 11.6. The molecule has 0 fully saturated rings. The summed E-state index contributed by atoms with van der Waals surface area (Å²) in [4.78, 5) is 2.39. The first-order valence-corrected chi connectivity index (χ1v) is 8.61. The van der Waals surface area contributed by atoms with Gasteiger partial charge in [0.2, 0.25) is 0 Å². The van der Waals surface area contributed by atoms with Crippen molar-refractivity contribution in [1.82, 2.24) is 10.2 Å². The molecule has 2 atom stereocenters. The molecule has 1 aliphatic heterocycles. The zero-order valence-corrected chi connectivity index (χ0v) is 14.6. The van der Waals surface area contributed by atoms with E-state index in [-0.39, 0.29) is 5.82 Å². The zero-order valence-electron chi connectivity index (χ0n) is 14.6. The van der Waals surface area contributed by atoms with Gasteiger partial charge in [0.15, 0.2) is 0 Å². The summed E-state index contributed by atoms with van der Waals surface area (Å²) in [6.07, 6.45) is 2.04. The Morgan fingerprint density at radius 2 is 2.21 bits per heavy atom. The van der Waals surface area contributed by atoms with Crippen LogP contribution >= 0.6 is 0 Å². The highest BCUT2D eigenvalue weighted by atomic mass is 19.1. The topological polar surface area (TPSA) is 39.1 Å². The molecule has 0 spiro atoms. The van der Waals surface area contributed by atoms with Crippen LogP contribution in [-0.4, -0.2) is 24.5 Å². The third-order valence-corrected chi connectivity index (χ3v) is 5.37. The summed E-state index contributed by atoms with van der Waals surface area (Å²) < 4.78 is 13.5. The number of nitriles is 1. The number of halogens is 1. The maximum Gasteiger partial charge on any atom is 0.123 e. The maximum atomic E-state index is 13.5. The zero-order chi connectivity index (χ0) is 17.3. The Hall–Kier alpha value is -2.12. The van der Waals surface area contributed by atoms with Crippen molar-refractivity contribution in [3.63, 3.8) is 0 Å². The molecule has 3 nitrogen and oxygen atoms in total. The van der Waals surface area contributed by atoms with Crippen molar-refractivity contribution in [1.29, 1.82) is 5.26 Å². The van der Waals surface area contributed by atoms with Crippen molar-refractivity contribution in [3.05, 3.63) is 58.1 Å². The lowest BCUT2D eigenvalue weighted by Gasteiger charge is -2.37. The largest absolute Gasteiger partial charge is 0.390 e. The Morgan fingerprint density at radius 1 is 1.42 bits per heavy atom. The summed E-state index contributed by atoms with van der Waals surface area (Å²) >= 11 is 0. The van der Waals surface area contributed by atoms with Crippen molar-refractivity contribution < 1.29 is 4.39 Å². The van der Waals surface area contributed by atoms with E-state index in [1.54, 1.807) is 12.1 Å². The van der Waals surface area contributed by atoms with Gasteiger partial charge in [-0.1, -0.05) is 31.6 Å². The van der Waals surface area contributed by atoms with Gasteiger partial charge in [0.25, 0.3) is 0 Å². The summed E-state index contributed by atoms with van der Waals surface area (Å²) in [6, 6.07) is 9.64. The number of allylic oxidation sites excluding steroid dienone is 1. The summed E-state index contributed by atoms with van der Waals surface area (Å²) in [7, 11) is 1.89. The molecule has 1 aliphatic carbocycles. The van der Waals surface area contributed by atoms with Crippen LogP contribution in [-0.2, 0) is 6.54 Å². The molecule has 0 saturated carbocycles.